The second kappa shape index (κ2) is 10.1. The highest BCUT2D eigenvalue weighted by atomic mass is 32.1. The summed E-state index contributed by atoms with van der Waals surface area (Å²) in [6.45, 7) is 2.95. The zero-order valence-corrected chi connectivity index (χ0v) is 18.2. The van der Waals surface area contributed by atoms with Gasteiger partial charge >= 0.3 is 5.97 Å². The number of rotatable bonds is 9. The van der Waals surface area contributed by atoms with Gasteiger partial charge in [0.2, 0.25) is 0 Å². The Hall–Kier alpha value is -2.78. The van der Waals surface area contributed by atoms with Crippen molar-refractivity contribution in [2.24, 2.45) is 0 Å². The number of carbonyl (C=O) groups is 2. The van der Waals surface area contributed by atoms with E-state index in [4.69, 9.17) is 19.9 Å². The number of nitrogen functional groups attached to an aromatic ring is 1. The van der Waals surface area contributed by atoms with Crippen LogP contribution in [0.15, 0.2) is 18.2 Å². The van der Waals surface area contributed by atoms with Crippen LogP contribution in [0, 0.1) is 0 Å². The monoisotopic (exact) mass is 422 g/mol. The molecule has 0 radical (unpaired) electrons. The number of hydrogen-bond acceptors (Lipinski definition) is 7. The van der Waals surface area contributed by atoms with E-state index in [1.807, 2.05) is 25.2 Å². The van der Waals surface area contributed by atoms with Crippen molar-refractivity contribution < 1.29 is 28.7 Å². The Balaban J connectivity index is 2.37. The lowest BCUT2D eigenvalue weighted by Gasteiger charge is -2.18. The van der Waals surface area contributed by atoms with Gasteiger partial charge in [0.05, 0.1) is 33.4 Å². The fourth-order valence-corrected chi connectivity index (χ4v) is 4.18. The van der Waals surface area contributed by atoms with Crippen molar-refractivity contribution in [1.29, 1.82) is 0 Å². The lowest BCUT2D eigenvalue weighted by atomic mass is 10.1. The van der Waals surface area contributed by atoms with Crippen LogP contribution in [0.4, 0.5) is 5.00 Å². The van der Waals surface area contributed by atoms with E-state index in [2.05, 4.69) is 5.32 Å². The SMILES string of the molecule is CCOC(=O)c1c(N)sc(C(=O)NC)c1C[NH+](C)Cc1cccc(OC)c1OC. The van der Waals surface area contributed by atoms with Gasteiger partial charge in [0.1, 0.15) is 28.5 Å². The average molecular weight is 423 g/mol. The van der Waals surface area contributed by atoms with Crippen molar-refractivity contribution >= 4 is 28.2 Å². The van der Waals surface area contributed by atoms with Crippen LogP contribution in [-0.4, -0.2) is 46.8 Å². The highest BCUT2D eigenvalue weighted by Gasteiger charge is 2.29. The van der Waals surface area contributed by atoms with Crippen molar-refractivity contribution in [1.82, 2.24) is 5.32 Å². The van der Waals surface area contributed by atoms with Gasteiger partial charge in [-0.3, -0.25) is 4.79 Å². The van der Waals surface area contributed by atoms with E-state index in [9.17, 15) is 9.59 Å². The van der Waals surface area contributed by atoms with E-state index in [0.29, 0.717) is 35.0 Å². The molecule has 8 nitrogen and oxygen atoms in total. The third kappa shape index (κ3) is 4.99. The average Bonchev–Trinajstić information content (AvgIpc) is 3.02. The van der Waals surface area contributed by atoms with E-state index in [1.165, 1.54) is 0 Å². The standard InChI is InChI=1S/C20H27N3O5S/c1-6-28-20(25)15-13(17(19(24)22-2)29-18(15)21)11-23(3)10-12-8-7-9-14(26-4)16(12)27-5/h7-9H,6,10-11,21H2,1-5H3,(H,22,24)/p+1. The summed E-state index contributed by atoms with van der Waals surface area (Å²) in [6.07, 6.45) is 0. The van der Waals surface area contributed by atoms with Crippen LogP contribution >= 0.6 is 11.3 Å². The molecule has 1 amide bonds. The largest absolute Gasteiger partial charge is 0.493 e. The predicted molar refractivity (Wildman–Crippen MR) is 112 cm³/mol. The second-order valence-corrected chi connectivity index (χ2v) is 7.46. The van der Waals surface area contributed by atoms with Gasteiger partial charge in [0, 0.05) is 12.6 Å². The summed E-state index contributed by atoms with van der Waals surface area (Å²) in [6, 6.07) is 5.69. The lowest BCUT2D eigenvalue weighted by Crippen LogP contribution is -3.06. The van der Waals surface area contributed by atoms with Gasteiger partial charge in [0.15, 0.2) is 11.5 Å². The molecule has 1 unspecified atom stereocenters. The smallest absolute Gasteiger partial charge is 0.341 e. The maximum atomic E-state index is 12.5. The van der Waals surface area contributed by atoms with Crippen molar-refractivity contribution in [3.8, 4) is 11.5 Å². The minimum atomic E-state index is -0.516. The maximum absolute atomic E-state index is 12.5. The van der Waals surface area contributed by atoms with Crippen molar-refractivity contribution in [3.05, 3.63) is 39.8 Å². The summed E-state index contributed by atoms with van der Waals surface area (Å²) < 4.78 is 16.0. The van der Waals surface area contributed by atoms with Gasteiger partial charge in [-0.25, -0.2) is 4.79 Å². The minimum Gasteiger partial charge on any atom is -0.493 e. The Morgan fingerprint density at radius 1 is 1.21 bits per heavy atom. The van der Waals surface area contributed by atoms with Crippen LogP contribution < -0.4 is 25.4 Å². The Labute approximate surface area is 174 Å². The molecule has 1 aromatic heterocycles. The first-order valence-corrected chi connectivity index (χ1v) is 10.0. The van der Waals surface area contributed by atoms with Gasteiger partial charge in [-0.1, -0.05) is 6.07 Å². The minimum absolute atomic E-state index is 0.229. The van der Waals surface area contributed by atoms with Crippen molar-refractivity contribution in [2.45, 2.75) is 20.0 Å². The van der Waals surface area contributed by atoms with E-state index in [-0.39, 0.29) is 23.1 Å². The molecule has 0 aliphatic heterocycles. The maximum Gasteiger partial charge on any atom is 0.341 e. The molecule has 1 atom stereocenters. The zero-order chi connectivity index (χ0) is 21.6. The molecule has 2 rings (SSSR count). The van der Waals surface area contributed by atoms with Crippen molar-refractivity contribution in [3.63, 3.8) is 0 Å². The first-order valence-electron chi connectivity index (χ1n) is 9.19. The number of nitrogens with one attached hydrogen (secondary N) is 2. The summed E-state index contributed by atoms with van der Waals surface area (Å²) in [5, 5.41) is 2.89. The van der Waals surface area contributed by atoms with Gasteiger partial charge in [-0.15, -0.1) is 11.3 Å². The molecule has 158 valence electrons. The summed E-state index contributed by atoms with van der Waals surface area (Å²) in [5.74, 6) is 0.518. The van der Waals surface area contributed by atoms with Crippen LogP contribution in [0.25, 0.3) is 0 Å². The molecule has 0 saturated carbocycles. The second-order valence-electron chi connectivity index (χ2n) is 6.41. The third-order valence-corrected chi connectivity index (χ3v) is 5.46. The number of thiophene rings is 1. The number of hydrogen-bond donors (Lipinski definition) is 3. The molecule has 1 aromatic carbocycles. The van der Waals surface area contributed by atoms with Crippen LogP contribution in [0.1, 0.15) is 38.1 Å². The van der Waals surface area contributed by atoms with Crippen LogP contribution in [0.3, 0.4) is 0 Å². The van der Waals surface area contributed by atoms with Crippen LogP contribution in [-0.2, 0) is 17.8 Å². The van der Waals surface area contributed by atoms with E-state index < -0.39 is 5.97 Å². The zero-order valence-electron chi connectivity index (χ0n) is 17.4. The topological polar surface area (TPSA) is 104 Å². The Kier molecular flexibility index (Phi) is 7.86. The highest BCUT2D eigenvalue weighted by molar-refractivity contribution is 7.18. The van der Waals surface area contributed by atoms with Gasteiger partial charge < -0.3 is 30.2 Å². The molecule has 29 heavy (non-hydrogen) atoms. The molecular weight excluding hydrogens is 394 g/mol. The molecule has 0 fully saturated rings. The number of amides is 1. The van der Waals surface area contributed by atoms with Gasteiger partial charge in [0.25, 0.3) is 5.91 Å². The quantitative estimate of drug-likeness (QED) is 0.523. The normalized spacial score (nSPS) is 11.6. The number of benzene rings is 1. The molecule has 9 heteroatoms. The molecule has 0 spiro atoms. The van der Waals surface area contributed by atoms with Crippen LogP contribution in [0.2, 0.25) is 0 Å². The molecular formula is C20H28N3O5S+. The summed E-state index contributed by atoms with van der Waals surface area (Å²) in [4.78, 5) is 26.3. The molecule has 4 N–H and O–H groups in total. The van der Waals surface area contributed by atoms with Gasteiger partial charge in [-0.05, 0) is 19.1 Å². The predicted octanol–water partition coefficient (Wildman–Crippen LogP) is 1.10. The number of quaternary nitrogens is 1. The molecule has 0 bridgehead atoms. The van der Waals surface area contributed by atoms with E-state index in [0.717, 1.165) is 21.8 Å². The highest BCUT2D eigenvalue weighted by Crippen LogP contribution is 2.32. The number of ether oxygens (including phenoxy) is 3. The van der Waals surface area contributed by atoms with Gasteiger partial charge in [-0.2, -0.15) is 0 Å². The van der Waals surface area contributed by atoms with Crippen LogP contribution in [0.5, 0.6) is 11.5 Å². The number of anilines is 1. The molecule has 2 aromatic rings. The molecule has 0 saturated heterocycles. The lowest BCUT2D eigenvalue weighted by molar-refractivity contribution is -0.907. The fourth-order valence-electron chi connectivity index (χ4n) is 3.16. The summed E-state index contributed by atoms with van der Waals surface area (Å²) in [7, 11) is 6.70. The number of para-hydroxylation sites is 1. The third-order valence-electron chi connectivity index (χ3n) is 4.40. The molecule has 1 heterocycles. The van der Waals surface area contributed by atoms with Crippen molar-refractivity contribution in [2.75, 3.05) is 40.7 Å². The number of nitrogens with two attached hydrogens (primary N) is 1. The van der Waals surface area contributed by atoms with E-state index >= 15 is 0 Å². The fraction of sp³-hybridized carbons (Fsp3) is 0.400. The summed E-state index contributed by atoms with van der Waals surface area (Å²) >= 11 is 1.10. The Morgan fingerprint density at radius 2 is 1.93 bits per heavy atom. The number of carbonyl (C=O) groups excluding carboxylic acids is 2. The molecule has 0 aliphatic rings. The first-order chi connectivity index (χ1) is 13.9. The number of esters is 1. The molecule has 0 aliphatic carbocycles. The summed E-state index contributed by atoms with van der Waals surface area (Å²) in [5.41, 5.74) is 7.88. The Bertz CT molecular complexity index is 881. The Morgan fingerprint density at radius 3 is 2.52 bits per heavy atom. The van der Waals surface area contributed by atoms with E-state index in [1.54, 1.807) is 28.2 Å². The first kappa shape index (κ1) is 22.5. The number of methoxy groups -OCH3 is 2.